The van der Waals surface area contributed by atoms with Gasteiger partial charge in [0.2, 0.25) is 5.13 Å². The van der Waals surface area contributed by atoms with Gasteiger partial charge in [-0.25, -0.2) is 4.98 Å². The monoisotopic (exact) mass is 379 g/mol. The van der Waals surface area contributed by atoms with Crippen molar-refractivity contribution < 1.29 is 9.47 Å². The number of hydrogen-bond donors (Lipinski definition) is 2. The highest BCUT2D eigenvalue weighted by atomic mass is 32.1. The van der Waals surface area contributed by atoms with Crippen LogP contribution in [0, 0.1) is 11.3 Å². The fraction of sp³-hybridized carbons (Fsp3) is 0.105. The van der Waals surface area contributed by atoms with E-state index in [1.165, 1.54) is 11.3 Å². The van der Waals surface area contributed by atoms with Gasteiger partial charge in [0.1, 0.15) is 23.9 Å². The molecule has 1 aromatic heterocycles. The minimum atomic E-state index is 0.327. The lowest BCUT2D eigenvalue weighted by Gasteiger charge is -2.11. The third-order valence-electron chi connectivity index (χ3n) is 3.58. The number of nitrogens with one attached hydrogen (secondary N) is 1. The number of anilines is 2. The fourth-order valence-electron chi connectivity index (χ4n) is 2.28. The van der Waals surface area contributed by atoms with Crippen molar-refractivity contribution in [1.29, 1.82) is 5.26 Å². The SMILES string of the molecule is COc1ccc(C=NNc2nc(N)cs2)cc1COc1ccc(C#N)cc1. The maximum atomic E-state index is 8.85. The zero-order valence-electron chi connectivity index (χ0n) is 14.5. The van der Waals surface area contributed by atoms with Crippen molar-refractivity contribution in [2.45, 2.75) is 6.61 Å². The summed E-state index contributed by atoms with van der Waals surface area (Å²) in [6.07, 6.45) is 1.68. The number of nitrogens with two attached hydrogens (primary N) is 1. The summed E-state index contributed by atoms with van der Waals surface area (Å²) in [7, 11) is 1.61. The topological polar surface area (TPSA) is 106 Å². The van der Waals surface area contributed by atoms with Crippen molar-refractivity contribution in [3.8, 4) is 17.6 Å². The number of nitriles is 1. The molecule has 0 saturated carbocycles. The van der Waals surface area contributed by atoms with Crippen LogP contribution in [0.25, 0.3) is 0 Å². The van der Waals surface area contributed by atoms with Gasteiger partial charge in [0.15, 0.2) is 0 Å². The van der Waals surface area contributed by atoms with E-state index in [4.69, 9.17) is 20.5 Å². The van der Waals surface area contributed by atoms with Crippen molar-refractivity contribution in [3.05, 3.63) is 64.5 Å². The Kier molecular flexibility index (Phi) is 5.87. The molecule has 0 aliphatic carbocycles. The average Bonchev–Trinajstić information content (AvgIpc) is 3.12. The molecule has 27 heavy (non-hydrogen) atoms. The number of nitrogens with zero attached hydrogens (tertiary/aromatic N) is 3. The van der Waals surface area contributed by atoms with Gasteiger partial charge in [-0.3, -0.25) is 5.43 Å². The quantitative estimate of drug-likeness (QED) is 0.480. The Labute approximate surface area is 160 Å². The highest BCUT2D eigenvalue weighted by Crippen LogP contribution is 2.22. The molecular weight excluding hydrogens is 362 g/mol. The van der Waals surface area contributed by atoms with Crippen molar-refractivity contribution >= 4 is 28.5 Å². The van der Waals surface area contributed by atoms with Crippen molar-refractivity contribution in [3.63, 3.8) is 0 Å². The van der Waals surface area contributed by atoms with E-state index in [9.17, 15) is 0 Å². The number of hydrazone groups is 1. The Morgan fingerprint density at radius 1 is 1.30 bits per heavy atom. The van der Waals surface area contributed by atoms with Crippen LogP contribution >= 0.6 is 11.3 Å². The van der Waals surface area contributed by atoms with E-state index >= 15 is 0 Å². The molecule has 136 valence electrons. The third-order valence-corrected chi connectivity index (χ3v) is 4.34. The van der Waals surface area contributed by atoms with Crippen molar-refractivity contribution in [2.75, 3.05) is 18.3 Å². The van der Waals surface area contributed by atoms with Crippen LogP contribution in [0.4, 0.5) is 10.9 Å². The summed E-state index contributed by atoms with van der Waals surface area (Å²) < 4.78 is 11.2. The average molecular weight is 379 g/mol. The van der Waals surface area contributed by atoms with Gasteiger partial charge < -0.3 is 15.2 Å². The summed E-state index contributed by atoms with van der Waals surface area (Å²) >= 11 is 1.38. The van der Waals surface area contributed by atoms with E-state index in [1.54, 1.807) is 43.0 Å². The second kappa shape index (κ2) is 8.69. The minimum Gasteiger partial charge on any atom is -0.496 e. The Hall–Kier alpha value is -3.57. The Bertz CT molecular complexity index is 977. The van der Waals surface area contributed by atoms with E-state index in [2.05, 4.69) is 21.6 Å². The van der Waals surface area contributed by atoms with Gasteiger partial charge >= 0.3 is 0 Å². The number of nitrogen functional groups attached to an aromatic ring is 1. The molecule has 0 aliphatic rings. The zero-order valence-corrected chi connectivity index (χ0v) is 15.4. The smallest absolute Gasteiger partial charge is 0.205 e. The third kappa shape index (κ3) is 4.96. The van der Waals surface area contributed by atoms with Crippen LogP contribution in [0.2, 0.25) is 0 Å². The normalized spacial score (nSPS) is 10.5. The first-order valence-corrected chi connectivity index (χ1v) is 8.86. The van der Waals surface area contributed by atoms with Gasteiger partial charge in [0.25, 0.3) is 0 Å². The molecule has 7 nitrogen and oxygen atoms in total. The van der Waals surface area contributed by atoms with Gasteiger partial charge in [-0.1, -0.05) is 0 Å². The van der Waals surface area contributed by atoms with Gasteiger partial charge in [0, 0.05) is 10.9 Å². The lowest BCUT2D eigenvalue weighted by atomic mass is 10.1. The molecule has 8 heteroatoms. The number of thiazole rings is 1. The molecule has 3 aromatic rings. The maximum Gasteiger partial charge on any atom is 0.205 e. The molecule has 0 spiro atoms. The predicted molar refractivity (Wildman–Crippen MR) is 106 cm³/mol. The molecular formula is C19H17N5O2S. The number of methoxy groups -OCH3 is 1. The first kappa shape index (κ1) is 18.2. The molecule has 3 rings (SSSR count). The molecule has 0 fully saturated rings. The molecule has 0 aliphatic heterocycles. The molecule has 0 atom stereocenters. The van der Waals surface area contributed by atoms with Crippen molar-refractivity contribution in [1.82, 2.24) is 4.98 Å². The van der Waals surface area contributed by atoms with Crippen LogP contribution in [0.3, 0.4) is 0 Å². The standard InChI is InChI=1S/C19H17N5O2S/c1-25-17-7-4-14(10-22-24-19-23-18(21)12-27-19)8-15(17)11-26-16-5-2-13(9-20)3-6-16/h2-8,10,12H,11,21H2,1H3,(H,23,24). The van der Waals surface area contributed by atoms with Crippen LogP contribution in [0.1, 0.15) is 16.7 Å². The highest BCUT2D eigenvalue weighted by molar-refractivity contribution is 7.14. The van der Waals surface area contributed by atoms with Gasteiger partial charge in [0.05, 0.1) is 25.0 Å². The highest BCUT2D eigenvalue weighted by Gasteiger charge is 2.06. The Morgan fingerprint density at radius 3 is 2.78 bits per heavy atom. The van der Waals surface area contributed by atoms with Crippen molar-refractivity contribution in [2.24, 2.45) is 5.10 Å². The van der Waals surface area contributed by atoms with E-state index in [0.717, 1.165) is 16.9 Å². The number of hydrogen-bond acceptors (Lipinski definition) is 8. The molecule has 0 radical (unpaired) electrons. The van der Waals surface area contributed by atoms with Crippen LogP contribution in [-0.4, -0.2) is 18.3 Å². The molecule has 0 bridgehead atoms. The van der Waals surface area contributed by atoms with E-state index < -0.39 is 0 Å². The van der Waals surface area contributed by atoms with Gasteiger partial charge in [-0.2, -0.15) is 10.4 Å². The first-order valence-electron chi connectivity index (χ1n) is 7.98. The summed E-state index contributed by atoms with van der Waals surface area (Å²) in [5.41, 5.74) is 10.8. The Morgan fingerprint density at radius 2 is 2.11 bits per heavy atom. The first-order chi connectivity index (χ1) is 13.2. The van der Waals surface area contributed by atoms with Gasteiger partial charge in [-0.15, -0.1) is 11.3 Å². The van der Waals surface area contributed by atoms with Crippen LogP contribution in [0.5, 0.6) is 11.5 Å². The fourth-order valence-corrected chi connectivity index (χ4v) is 2.83. The number of aromatic nitrogens is 1. The predicted octanol–water partition coefficient (Wildman–Crippen LogP) is 3.63. The summed E-state index contributed by atoms with van der Waals surface area (Å²) in [5, 5.41) is 15.4. The van der Waals surface area contributed by atoms with Gasteiger partial charge in [-0.05, 0) is 48.0 Å². The molecule has 0 saturated heterocycles. The minimum absolute atomic E-state index is 0.327. The zero-order chi connectivity index (χ0) is 19.1. The number of benzene rings is 2. The Balaban J connectivity index is 1.67. The van der Waals surface area contributed by atoms with Crippen LogP contribution in [0.15, 0.2) is 52.9 Å². The van der Waals surface area contributed by atoms with E-state index in [-0.39, 0.29) is 0 Å². The summed E-state index contributed by atoms with van der Waals surface area (Å²) in [6, 6.07) is 14.7. The molecule has 0 unspecified atom stereocenters. The molecule has 3 N–H and O–H groups in total. The lowest BCUT2D eigenvalue weighted by molar-refractivity contribution is 0.296. The lowest BCUT2D eigenvalue weighted by Crippen LogP contribution is -2.00. The van der Waals surface area contributed by atoms with E-state index in [1.807, 2.05) is 18.2 Å². The molecule has 0 amide bonds. The molecule has 1 heterocycles. The number of rotatable bonds is 7. The second-order valence-electron chi connectivity index (χ2n) is 5.44. The largest absolute Gasteiger partial charge is 0.496 e. The second-order valence-corrected chi connectivity index (χ2v) is 6.30. The maximum absolute atomic E-state index is 8.85. The summed E-state index contributed by atoms with van der Waals surface area (Å²) in [5.74, 6) is 1.86. The van der Waals surface area contributed by atoms with Crippen LogP contribution in [-0.2, 0) is 6.61 Å². The van der Waals surface area contributed by atoms with Crippen LogP contribution < -0.4 is 20.6 Å². The van der Waals surface area contributed by atoms with E-state index in [0.29, 0.717) is 28.9 Å². The summed E-state index contributed by atoms with van der Waals surface area (Å²) in [4.78, 5) is 4.07. The summed E-state index contributed by atoms with van der Waals surface area (Å²) in [6.45, 7) is 0.327. The molecule has 2 aromatic carbocycles. The number of ether oxygens (including phenoxy) is 2.